The average Bonchev–Trinajstić information content (AvgIpc) is 2.70. The van der Waals surface area contributed by atoms with E-state index in [-0.39, 0.29) is 35.5 Å². The lowest BCUT2D eigenvalue weighted by Crippen LogP contribution is -3.15. The molecule has 1 aliphatic heterocycles. The number of methoxy groups -OCH3 is 1. The minimum Gasteiger partial charge on any atom is -0.495 e. The molecule has 0 spiro atoms. The average molecular weight is 494 g/mol. The van der Waals surface area contributed by atoms with E-state index in [1.807, 2.05) is 0 Å². The van der Waals surface area contributed by atoms with Crippen LogP contribution in [0.1, 0.15) is 0 Å². The molecule has 11 heteroatoms. The first kappa shape index (κ1) is 23.1. The molecule has 2 aromatic carbocycles. The molecule has 0 aliphatic carbocycles. The van der Waals surface area contributed by atoms with E-state index in [0.717, 1.165) is 4.90 Å². The zero-order chi connectivity index (χ0) is 21.9. The molecular weight excluding hydrogens is 473 g/mol. The van der Waals surface area contributed by atoms with Gasteiger partial charge in [-0.3, -0.25) is 4.79 Å². The van der Waals surface area contributed by atoms with E-state index in [2.05, 4.69) is 5.32 Å². The molecule has 1 amide bonds. The van der Waals surface area contributed by atoms with Crippen LogP contribution >= 0.6 is 34.8 Å². The number of piperazine rings is 1. The molecule has 0 bridgehead atoms. The van der Waals surface area contributed by atoms with Gasteiger partial charge in [-0.25, -0.2) is 8.42 Å². The highest BCUT2D eigenvalue weighted by Gasteiger charge is 2.32. The molecule has 0 atom stereocenters. The second-order valence-corrected chi connectivity index (χ2v) is 9.98. The lowest BCUT2D eigenvalue weighted by molar-refractivity contribution is -0.895. The summed E-state index contributed by atoms with van der Waals surface area (Å²) in [6.07, 6.45) is 0. The van der Waals surface area contributed by atoms with Crippen molar-refractivity contribution in [3.8, 4) is 5.75 Å². The zero-order valence-electron chi connectivity index (χ0n) is 16.1. The molecule has 2 aromatic rings. The molecule has 1 aliphatic rings. The first-order chi connectivity index (χ1) is 14.2. The summed E-state index contributed by atoms with van der Waals surface area (Å²) in [6, 6.07) is 9.32. The second kappa shape index (κ2) is 9.72. The van der Waals surface area contributed by atoms with Crippen LogP contribution in [0, 0.1) is 0 Å². The van der Waals surface area contributed by atoms with Gasteiger partial charge in [0.05, 0.1) is 44.0 Å². The van der Waals surface area contributed by atoms with Gasteiger partial charge in [0, 0.05) is 10.0 Å². The fraction of sp³-hybridized carbons (Fsp3) is 0.316. The largest absolute Gasteiger partial charge is 0.495 e. The summed E-state index contributed by atoms with van der Waals surface area (Å²) in [4.78, 5) is 13.4. The molecule has 30 heavy (non-hydrogen) atoms. The third-order valence-corrected chi connectivity index (χ3v) is 7.64. The van der Waals surface area contributed by atoms with E-state index in [4.69, 9.17) is 39.5 Å². The summed E-state index contributed by atoms with van der Waals surface area (Å²) in [5.41, 5.74) is 0.492. The molecule has 0 aromatic heterocycles. The second-order valence-electron chi connectivity index (χ2n) is 6.80. The molecule has 3 rings (SSSR count). The van der Waals surface area contributed by atoms with Crippen LogP contribution in [-0.4, -0.2) is 58.5 Å². The molecule has 1 saturated heterocycles. The van der Waals surface area contributed by atoms with Crippen molar-refractivity contribution in [2.24, 2.45) is 0 Å². The highest BCUT2D eigenvalue weighted by molar-refractivity contribution is 7.89. The lowest BCUT2D eigenvalue weighted by Gasteiger charge is -2.31. The Balaban J connectivity index is 1.60. The van der Waals surface area contributed by atoms with Crippen molar-refractivity contribution >= 4 is 56.4 Å². The Bertz CT molecular complexity index is 1040. The maximum atomic E-state index is 12.9. The summed E-state index contributed by atoms with van der Waals surface area (Å²) in [5, 5.41) is 3.71. The standard InChI is InChI=1S/C19H20Cl3N3O4S/c1-29-17-5-3-13(20)10-16(17)23-19(26)12-24-6-8-25(9-7-24)30(27,28)18-11-14(21)2-4-15(18)22/h2-5,10-11H,6-9,12H2,1H3,(H,23,26)/p+1. The fourth-order valence-corrected chi connectivity index (χ4v) is 5.58. The van der Waals surface area contributed by atoms with Crippen LogP contribution in [0.5, 0.6) is 5.75 Å². The van der Waals surface area contributed by atoms with Gasteiger partial charge in [-0.2, -0.15) is 4.31 Å². The quantitative estimate of drug-likeness (QED) is 0.646. The van der Waals surface area contributed by atoms with Gasteiger partial charge in [0.1, 0.15) is 10.6 Å². The van der Waals surface area contributed by atoms with Crippen LogP contribution in [0.15, 0.2) is 41.3 Å². The number of sulfonamides is 1. The molecule has 1 heterocycles. The van der Waals surface area contributed by atoms with E-state index in [9.17, 15) is 13.2 Å². The normalized spacial score (nSPS) is 15.7. The maximum Gasteiger partial charge on any atom is 0.279 e. The molecule has 162 valence electrons. The summed E-state index contributed by atoms with van der Waals surface area (Å²) in [5.74, 6) is 0.303. The number of ether oxygens (including phenoxy) is 1. The Morgan fingerprint density at radius 1 is 1.10 bits per heavy atom. The molecule has 1 fully saturated rings. The van der Waals surface area contributed by atoms with Crippen LogP contribution in [0.4, 0.5) is 5.69 Å². The number of amides is 1. The number of carbonyl (C=O) groups is 1. The number of rotatable bonds is 6. The third-order valence-electron chi connectivity index (χ3n) is 4.79. The fourth-order valence-electron chi connectivity index (χ4n) is 3.23. The van der Waals surface area contributed by atoms with Crippen molar-refractivity contribution in [2.45, 2.75) is 4.90 Å². The molecule has 0 saturated carbocycles. The lowest BCUT2D eigenvalue weighted by atomic mass is 10.3. The highest BCUT2D eigenvalue weighted by atomic mass is 35.5. The SMILES string of the molecule is COc1ccc(Cl)cc1NC(=O)C[NH+]1CCN(S(=O)(=O)c2cc(Cl)ccc2Cl)CC1. The van der Waals surface area contributed by atoms with Gasteiger partial charge in [0.25, 0.3) is 5.91 Å². The van der Waals surface area contributed by atoms with Crippen molar-refractivity contribution in [2.75, 3.05) is 45.2 Å². The monoisotopic (exact) mass is 492 g/mol. The van der Waals surface area contributed by atoms with Crippen LogP contribution < -0.4 is 15.0 Å². The molecule has 0 unspecified atom stereocenters. The van der Waals surface area contributed by atoms with Crippen molar-refractivity contribution in [3.05, 3.63) is 51.5 Å². The van der Waals surface area contributed by atoms with Crippen LogP contribution in [0.2, 0.25) is 15.1 Å². The predicted octanol–water partition coefficient (Wildman–Crippen LogP) is 2.18. The predicted molar refractivity (Wildman–Crippen MR) is 117 cm³/mol. The van der Waals surface area contributed by atoms with E-state index in [1.54, 1.807) is 24.3 Å². The van der Waals surface area contributed by atoms with Gasteiger partial charge >= 0.3 is 0 Å². The minimum absolute atomic E-state index is 0.00842. The zero-order valence-corrected chi connectivity index (χ0v) is 19.2. The van der Waals surface area contributed by atoms with Crippen molar-refractivity contribution in [1.82, 2.24) is 4.31 Å². The first-order valence-corrected chi connectivity index (χ1v) is 11.7. The van der Waals surface area contributed by atoms with Crippen LogP contribution in [0.3, 0.4) is 0 Å². The van der Waals surface area contributed by atoms with Crippen molar-refractivity contribution in [3.63, 3.8) is 0 Å². The Morgan fingerprint density at radius 3 is 2.40 bits per heavy atom. The van der Waals surface area contributed by atoms with Gasteiger partial charge in [0.15, 0.2) is 6.54 Å². The highest BCUT2D eigenvalue weighted by Crippen LogP contribution is 2.28. The summed E-state index contributed by atoms with van der Waals surface area (Å²) >= 11 is 18.0. The van der Waals surface area contributed by atoms with Gasteiger partial charge in [0.2, 0.25) is 10.0 Å². The summed E-state index contributed by atoms with van der Waals surface area (Å²) in [7, 11) is -2.25. The first-order valence-electron chi connectivity index (χ1n) is 9.13. The van der Waals surface area contributed by atoms with E-state index >= 15 is 0 Å². The Morgan fingerprint density at radius 2 is 1.73 bits per heavy atom. The Hall–Kier alpha value is -1.55. The number of carbonyl (C=O) groups excluding carboxylic acids is 1. The van der Waals surface area contributed by atoms with E-state index < -0.39 is 10.0 Å². The van der Waals surface area contributed by atoms with Crippen molar-refractivity contribution in [1.29, 1.82) is 0 Å². The molecule has 2 N–H and O–H groups in total. The number of benzene rings is 2. The van der Waals surface area contributed by atoms with Gasteiger partial charge in [-0.1, -0.05) is 34.8 Å². The van der Waals surface area contributed by atoms with Gasteiger partial charge in [-0.05, 0) is 36.4 Å². The number of nitrogens with one attached hydrogen (secondary N) is 2. The number of halogens is 3. The van der Waals surface area contributed by atoms with Crippen LogP contribution in [-0.2, 0) is 14.8 Å². The van der Waals surface area contributed by atoms with Gasteiger partial charge in [-0.15, -0.1) is 0 Å². The van der Waals surface area contributed by atoms with Gasteiger partial charge < -0.3 is 15.0 Å². The number of anilines is 1. The smallest absolute Gasteiger partial charge is 0.279 e. The number of hydrogen-bond acceptors (Lipinski definition) is 4. The maximum absolute atomic E-state index is 12.9. The Labute approximate surface area is 190 Å². The van der Waals surface area contributed by atoms with Crippen LogP contribution in [0.25, 0.3) is 0 Å². The number of quaternary nitrogens is 1. The molecule has 0 radical (unpaired) electrons. The number of hydrogen-bond donors (Lipinski definition) is 2. The van der Waals surface area contributed by atoms with E-state index in [1.165, 1.54) is 23.5 Å². The third kappa shape index (κ3) is 5.38. The minimum atomic E-state index is -3.76. The number of nitrogens with zero attached hydrogens (tertiary/aromatic N) is 1. The molecular formula is C19H21Cl3N3O4S+. The Kier molecular flexibility index (Phi) is 7.49. The molecule has 7 nitrogen and oxygen atoms in total. The topological polar surface area (TPSA) is 80.2 Å². The summed E-state index contributed by atoms with van der Waals surface area (Å²) in [6.45, 7) is 1.71. The van der Waals surface area contributed by atoms with E-state index in [0.29, 0.717) is 34.6 Å². The van der Waals surface area contributed by atoms with Crippen molar-refractivity contribution < 1.29 is 22.8 Å². The summed E-state index contributed by atoms with van der Waals surface area (Å²) < 4.78 is 32.4.